The molecule has 7 heteroatoms. The zero-order chi connectivity index (χ0) is 22.8. The Morgan fingerprint density at radius 2 is 1.94 bits per heavy atom. The van der Waals surface area contributed by atoms with Gasteiger partial charge in [0, 0.05) is 51.6 Å². The number of benzene rings is 2. The predicted molar refractivity (Wildman–Crippen MR) is 127 cm³/mol. The van der Waals surface area contributed by atoms with Gasteiger partial charge >= 0.3 is 5.63 Å². The Kier molecular flexibility index (Phi) is 6.24. The van der Waals surface area contributed by atoms with Gasteiger partial charge in [0.05, 0.1) is 7.11 Å². The fourth-order valence-electron chi connectivity index (χ4n) is 4.10. The minimum absolute atomic E-state index is 0.104. The summed E-state index contributed by atoms with van der Waals surface area (Å²) in [6.07, 6.45) is 3.16. The van der Waals surface area contributed by atoms with Gasteiger partial charge in [-0.25, -0.2) is 4.79 Å². The first kappa shape index (κ1) is 22.0. The second-order valence-electron chi connectivity index (χ2n) is 7.87. The van der Waals surface area contributed by atoms with Crippen molar-refractivity contribution in [3.8, 4) is 5.75 Å². The number of aromatic amines is 1. The molecular weight excluding hydrogens is 428 g/mol. The summed E-state index contributed by atoms with van der Waals surface area (Å²) in [5, 5.41) is 5.53. The number of aromatic nitrogens is 1. The third kappa shape index (κ3) is 4.23. The summed E-state index contributed by atoms with van der Waals surface area (Å²) in [6, 6.07) is 9.45. The highest BCUT2D eigenvalue weighted by molar-refractivity contribution is 6.31. The van der Waals surface area contributed by atoms with Crippen LogP contribution in [0.4, 0.5) is 0 Å². The zero-order valence-corrected chi connectivity index (χ0v) is 19.1. The van der Waals surface area contributed by atoms with Crippen molar-refractivity contribution in [2.45, 2.75) is 33.1 Å². The van der Waals surface area contributed by atoms with Gasteiger partial charge in [0.25, 0.3) is 0 Å². The highest BCUT2D eigenvalue weighted by Crippen LogP contribution is 2.29. The minimum atomic E-state index is -0.408. The van der Waals surface area contributed by atoms with Crippen molar-refractivity contribution in [1.29, 1.82) is 0 Å². The maximum absolute atomic E-state index is 12.6. The number of aryl methyl sites for hydroxylation is 2. The van der Waals surface area contributed by atoms with Gasteiger partial charge in [-0.05, 0) is 68.1 Å². The van der Waals surface area contributed by atoms with Crippen LogP contribution in [0.2, 0.25) is 5.02 Å². The Bertz CT molecular complexity index is 1370. The molecule has 0 bridgehead atoms. The van der Waals surface area contributed by atoms with Gasteiger partial charge in [0.15, 0.2) is 0 Å². The topological polar surface area (TPSA) is 84.3 Å². The average molecular weight is 453 g/mol. The lowest BCUT2D eigenvalue weighted by Crippen LogP contribution is -2.26. The fraction of sp³-hybridized carbons (Fsp3) is 0.280. The maximum atomic E-state index is 12.6. The molecule has 2 aromatic heterocycles. The Labute approximate surface area is 190 Å². The van der Waals surface area contributed by atoms with Crippen molar-refractivity contribution in [2.75, 3.05) is 13.7 Å². The van der Waals surface area contributed by atoms with Crippen LogP contribution in [-0.2, 0) is 17.6 Å². The molecule has 0 aliphatic heterocycles. The standard InChI is InChI=1S/C25H25ClN2O4/c1-14-18-5-8-22(31-3)15(2)24(18)32-25(30)19(14)6-9-23(29)27-11-10-16-13-28-21-7-4-17(26)12-20(16)21/h4-5,7-8,12-13,28H,6,9-11H2,1-3H3,(H,27,29). The Morgan fingerprint density at radius 1 is 1.12 bits per heavy atom. The van der Waals surface area contributed by atoms with Crippen molar-refractivity contribution in [2.24, 2.45) is 0 Å². The lowest BCUT2D eigenvalue weighted by atomic mass is 10.00. The summed E-state index contributed by atoms with van der Waals surface area (Å²) in [4.78, 5) is 28.2. The maximum Gasteiger partial charge on any atom is 0.339 e. The van der Waals surface area contributed by atoms with E-state index in [0.29, 0.717) is 41.3 Å². The first-order valence-corrected chi connectivity index (χ1v) is 10.9. The predicted octanol–water partition coefficient (Wildman–Crippen LogP) is 4.84. The van der Waals surface area contributed by atoms with Crippen molar-refractivity contribution < 1.29 is 13.9 Å². The summed E-state index contributed by atoms with van der Waals surface area (Å²) in [6.45, 7) is 4.25. The van der Waals surface area contributed by atoms with Crippen LogP contribution in [0.5, 0.6) is 5.75 Å². The van der Waals surface area contributed by atoms with Crippen molar-refractivity contribution in [3.63, 3.8) is 0 Å². The number of amides is 1. The van der Waals surface area contributed by atoms with E-state index in [4.69, 9.17) is 20.8 Å². The third-order valence-corrected chi connectivity index (χ3v) is 6.16. The molecule has 2 N–H and O–H groups in total. The monoisotopic (exact) mass is 452 g/mol. The van der Waals surface area contributed by atoms with Gasteiger partial charge in [-0.3, -0.25) is 4.79 Å². The van der Waals surface area contributed by atoms with Gasteiger partial charge < -0.3 is 19.5 Å². The van der Waals surface area contributed by atoms with Gasteiger partial charge in [0.1, 0.15) is 11.3 Å². The Morgan fingerprint density at radius 3 is 2.72 bits per heavy atom. The Hall–Kier alpha value is -3.25. The second-order valence-corrected chi connectivity index (χ2v) is 8.30. The van der Waals surface area contributed by atoms with Crippen molar-refractivity contribution >= 4 is 39.4 Å². The van der Waals surface area contributed by atoms with Crippen LogP contribution in [-0.4, -0.2) is 24.5 Å². The van der Waals surface area contributed by atoms with E-state index in [-0.39, 0.29) is 12.3 Å². The second kappa shape index (κ2) is 9.09. The van der Waals surface area contributed by atoms with Crippen LogP contribution in [0.25, 0.3) is 21.9 Å². The summed E-state index contributed by atoms with van der Waals surface area (Å²) in [5.41, 5.74) is 4.39. The molecule has 0 aliphatic rings. The van der Waals surface area contributed by atoms with E-state index in [1.165, 1.54) is 0 Å². The molecule has 0 fully saturated rings. The van der Waals surface area contributed by atoms with E-state index in [9.17, 15) is 9.59 Å². The van der Waals surface area contributed by atoms with E-state index < -0.39 is 5.63 Å². The zero-order valence-electron chi connectivity index (χ0n) is 18.3. The molecule has 166 valence electrons. The van der Waals surface area contributed by atoms with Crippen molar-refractivity contribution in [3.05, 3.63) is 74.2 Å². The molecule has 2 aromatic carbocycles. The summed E-state index contributed by atoms with van der Waals surface area (Å²) in [7, 11) is 1.58. The number of carbonyl (C=O) groups is 1. The number of nitrogens with one attached hydrogen (secondary N) is 2. The van der Waals surface area contributed by atoms with Crippen LogP contribution in [0, 0.1) is 13.8 Å². The molecule has 4 aromatic rings. The summed E-state index contributed by atoms with van der Waals surface area (Å²) in [5.74, 6) is 0.567. The van der Waals surface area contributed by atoms with Crippen LogP contribution >= 0.6 is 11.6 Å². The van der Waals surface area contributed by atoms with Gasteiger partial charge in [0.2, 0.25) is 5.91 Å². The van der Waals surface area contributed by atoms with Gasteiger partial charge in [-0.2, -0.15) is 0 Å². The SMILES string of the molecule is COc1ccc2c(C)c(CCC(=O)NCCc3c[nH]c4ccc(Cl)cc34)c(=O)oc2c1C. The number of carbonyl (C=O) groups excluding carboxylic acids is 1. The molecule has 0 spiro atoms. The summed E-state index contributed by atoms with van der Waals surface area (Å²) < 4.78 is 10.9. The highest BCUT2D eigenvalue weighted by atomic mass is 35.5. The minimum Gasteiger partial charge on any atom is -0.496 e. The average Bonchev–Trinajstić information content (AvgIpc) is 3.16. The molecule has 6 nitrogen and oxygen atoms in total. The molecule has 0 radical (unpaired) electrons. The molecule has 0 saturated carbocycles. The number of rotatable bonds is 7. The molecule has 0 unspecified atom stereocenters. The summed E-state index contributed by atoms with van der Waals surface area (Å²) >= 11 is 6.09. The molecule has 1 amide bonds. The van der Waals surface area contributed by atoms with E-state index in [2.05, 4.69) is 10.3 Å². The molecule has 0 atom stereocenters. The smallest absolute Gasteiger partial charge is 0.339 e. The first-order valence-electron chi connectivity index (χ1n) is 10.5. The largest absolute Gasteiger partial charge is 0.496 e. The van der Waals surface area contributed by atoms with Crippen molar-refractivity contribution in [1.82, 2.24) is 10.3 Å². The first-order chi connectivity index (χ1) is 15.4. The van der Waals surface area contributed by atoms with E-state index in [1.54, 1.807) is 7.11 Å². The third-order valence-electron chi connectivity index (χ3n) is 5.92. The highest BCUT2D eigenvalue weighted by Gasteiger charge is 2.16. The van der Waals surface area contributed by atoms with Gasteiger partial charge in [-0.15, -0.1) is 0 Å². The lowest BCUT2D eigenvalue weighted by molar-refractivity contribution is -0.121. The number of halogens is 1. The molecule has 0 aliphatic carbocycles. The molecular formula is C25H25ClN2O4. The number of fused-ring (bicyclic) bond motifs is 2. The number of methoxy groups -OCH3 is 1. The van der Waals surface area contributed by atoms with Crippen LogP contribution < -0.4 is 15.7 Å². The Balaban J connectivity index is 1.40. The number of H-pyrrole nitrogens is 1. The number of ether oxygens (including phenoxy) is 1. The van der Waals surface area contributed by atoms with Gasteiger partial charge in [-0.1, -0.05) is 11.6 Å². The number of hydrogen-bond donors (Lipinski definition) is 2. The van der Waals surface area contributed by atoms with E-state index >= 15 is 0 Å². The molecule has 32 heavy (non-hydrogen) atoms. The molecule has 4 rings (SSSR count). The van der Waals surface area contributed by atoms with E-state index in [1.807, 2.05) is 50.4 Å². The molecule has 2 heterocycles. The molecule has 0 saturated heterocycles. The lowest BCUT2D eigenvalue weighted by Gasteiger charge is -2.11. The number of hydrogen-bond acceptors (Lipinski definition) is 4. The normalized spacial score (nSPS) is 11.2. The van der Waals surface area contributed by atoms with Crippen LogP contribution in [0.3, 0.4) is 0 Å². The van der Waals surface area contributed by atoms with Crippen LogP contribution in [0.15, 0.2) is 45.7 Å². The quantitative estimate of drug-likeness (QED) is 0.393. The fourth-order valence-corrected chi connectivity index (χ4v) is 4.27. The van der Waals surface area contributed by atoms with E-state index in [0.717, 1.165) is 33.0 Å². The van der Waals surface area contributed by atoms with Crippen LogP contribution in [0.1, 0.15) is 28.7 Å².